The molecule has 1 atom stereocenters. The number of amides is 4. The van der Waals surface area contributed by atoms with E-state index >= 15 is 0 Å². The van der Waals surface area contributed by atoms with Crippen molar-refractivity contribution >= 4 is 29.4 Å². The zero-order valence-electron chi connectivity index (χ0n) is 15.5. The SMILES string of the molecule is O=C(c1ccccc1F)N1CCC[C@]2(C1)NC(=O)N(Cc1ccc(Cl)cc1)C2=O. The van der Waals surface area contributed by atoms with Crippen LogP contribution < -0.4 is 5.32 Å². The van der Waals surface area contributed by atoms with Gasteiger partial charge in [0.15, 0.2) is 0 Å². The second-order valence-corrected chi connectivity index (χ2v) is 7.78. The number of benzene rings is 2. The van der Waals surface area contributed by atoms with Crippen molar-refractivity contribution in [1.29, 1.82) is 0 Å². The quantitative estimate of drug-likeness (QED) is 0.782. The topological polar surface area (TPSA) is 69.7 Å². The summed E-state index contributed by atoms with van der Waals surface area (Å²) in [6, 6.07) is 12.1. The Morgan fingerprint density at radius 3 is 2.59 bits per heavy atom. The Kier molecular flexibility index (Phi) is 5.00. The van der Waals surface area contributed by atoms with E-state index in [1.54, 1.807) is 30.3 Å². The van der Waals surface area contributed by atoms with Crippen molar-refractivity contribution in [2.75, 3.05) is 13.1 Å². The Bertz CT molecular complexity index is 981. The van der Waals surface area contributed by atoms with Crippen LogP contribution in [0.5, 0.6) is 0 Å². The molecule has 29 heavy (non-hydrogen) atoms. The summed E-state index contributed by atoms with van der Waals surface area (Å²) in [6.07, 6.45) is 0.955. The minimum atomic E-state index is -1.18. The molecule has 2 fully saturated rings. The predicted octanol–water partition coefficient (Wildman–Crippen LogP) is 3.21. The monoisotopic (exact) mass is 415 g/mol. The molecule has 1 N–H and O–H groups in total. The van der Waals surface area contributed by atoms with Gasteiger partial charge < -0.3 is 10.2 Å². The molecular weight excluding hydrogens is 397 g/mol. The zero-order chi connectivity index (χ0) is 20.6. The molecule has 0 unspecified atom stereocenters. The number of likely N-dealkylation sites (tertiary alicyclic amines) is 1. The van der Waals surface area contributed by atoms with Crippen molar-refractivity contribution in [3.05, 3.63) is 70.5 Å². The van der Waals surface area contributed by atoms with Crippen LogP contribution in [-0.4, -0.2) is 46.3 Å². The lowest BCUT2D eigenvalue weighted by molar-refractivity contribution is -0.133. The first kappa shape index (κ1) is 19.4. The standard InChI is InChI=1S/C21H19ClFN3O3/c22-15-8-6-14(7-9-15)12-26-19(28)21(24-20(26)29)10-3-11-25(13-21)18(27)16-4-1-2-5-17(16)23/h1-2,4-9H,3,10-13H2,(H,24,29)/t21-/m1/s1. The van der Waals surface area contributed by atoms with E-state index in [4.69, 9.17) is 11.6 Å². The molecule has 1 spiro atoms. The van der Waals surface area contributed by atoms with E-state index in [0.29, 0.717) is 24.4 Å². The molecule has 2 aromatic carbocycles. The molecule has 4 rings (SSSR count). The third-order valence-electron chi connectivity index (χ3n) is 5.38. The lowest BCUT2D eigenvalue weighted by Gasteiger charge is -2.38. The maximum atomic E-state index is 14.0. The second-order valence-electron chi connectivity index (χ2n) is 7.34. The average Bonchev–Trinajstić information content (AvgIpc) is 2.93. The van der Waals surface area contributed by atoms with Crippen molar-refractivity contribution < 1.29 is 18.8 Å². The van der Waals surface area contributed by atoms with Crippen molar-refractivity contribution in [2.45, 2.75) is 24.9 Å². The highest BCUT2D eigenvalue weighted by Gasteiger charge is 2.53. The maximum absolute atomic E-state index is 14.0. The summed E-state index contributed by atoms with van der Waals surface area (Å²) in [5, 5.41) is 3.34. The number of rotatable bonds is 3. The van der Waals surface area contributed by atoms with Gasteiger partial charge in [0.1, 0.15) is 11.4 Å². The van der Waals surface area contributed by atoms with Crippen LogP contribution in [0, 0.1) is 5.82 Å². The fourth-order valence-electron chi connectivity index (χ4n) is 3.90. The number of hydrogen-bond donors (Lipinski definition) is 1. The largest absolute Gasteiger partial charge is 0.336 e. The van der Waals surface area contributed by atoms with Crippen LogP contribution in [0.2, 0.25) is 5.02 Å². The minimum absolute atomic E-state index is 0.0157. The van der Waals surface area contributed by atoms with Gasteiger partial charge in [0.05, 0.1) is 18.7 Å². The first-order valence-corrected chi connectivity index (χ1v) is 9.70. The van der Waals surface area contributed by atoms with Gasteiger partial charge in [-0.1, -0.05) is 35.9 Å². The second kappa shape index (κ2) is 7.48. The number of piperidine rings is 1. The number of imide groups is 1. The van der Waals surface area contributed by atoms with Gasteiger partial charge in [0.2, 0.25) is 0 Å². The van der Waals surface area contributed by atoms with Crippen molar-refractivity contribution in [2.24, 2.45) is 0 Å². The van der Waals surface area contributed by atoms with E-state index < -0.39 is 23.3 Å². The van der Waals surface area contributed by atoms with Crippen molar-refractivity contribution in [3.8, 4) is 0 Å². The van der Waals surface area contributed by atoms with Gasteiger partial charge >= 0.3 is 6.03 Å². The lowest BCUT2D eigenvalue weighted by Crippen LogP contribution is -2.59. The molecule has 150 valence electrons. The number of carbonyl (C=O) groups is 3. The van der Waals surface area contributed by atoms with Gasteiger partial charge in [-0.05, 0) is 42.7 Å². The third-order valence-corrected chi connectivity index (χ3v) is 5.64. The molecule has 2 aliphatic heterocycles. The van der Waals surface area contributed by atoms with Crippen LogP contribution in [0.15, 0.2) is 48.5 Å². The molecule has 0 aliphatic carbocycles. The highest BCUT2D eigenvalue weighted by Crippen LogP contribution is 2.30. The third kappa shape index (κ3) is 3.58. The Morgan fingerprint density at radius 2 is 1.86 bits per heavy atom. The number of nitrogens with zero attached hydrogens (tertiary/aromatic N) is 2. The molecule has 4 amide bonds. The molecule has 0 bridgehead atoms. The number of halogens is 2. The number of urea groups is 1. The van der Waals surface area contributed by atoms with E-state index in [2.05, 4.69) is 5.32 Å². The van der Waals surface area contributed by atoms with Crippen LogP contribution >= 0.6 is 11.6 Å². The van der Waals surface area contributed by atoms with E-state index in [0.717, 1.165) is 10.5 Å². The molecule has 2 saturated heterocycles. The van der Waals surface area contributed by atoms with Gasteiger partial charge in [0.25, 0.3) is 11.8 Å². The fraction of sp³-hybridized carbons (Fsp3) is 0.286. The van der Waals surface area contributed by atoms with Crippen LogP contribution in [0.3, 0.4) is 0 Å². The van der Waals surface area contributed by atoms with Gasteiger partial charge in [0, 0.05) is 11.6 Å². The molecular formula is C21H19ClFN3O3. The smallest absolute Gasteiger partial charge is 0.325 e. The summed E-state index contributed by atoms with van der Waals surface area (Å²) in [6.45, 7) is 0.530. The lowest BCUT2D eigenvalue weighted by atomic mass is 9.88. The van der Waals surface area contributed by atoms with E-state index in [1.807, 2.05) is 0 Å². The van der Waals surface area contributed by atoms with Crippen LogP contribution in [0.1, 0.15) is 28.8 Å². The highest BCUT2D eigenvalue weighted by atomic mass is 35.5. The van der Waals surface area contributed by atoms with E-state index in [-0.39, 0.29) is 24.6 Å². The zero-order valence-corrected chi connectivity index (χ0v) is 16.3. The molecule has 2 heterocycles. The maximum Gasteiger partial charge on any atom is 0.325 e. The summed E-state index contributed by atoms with van der Waals surface area (Å²) in [7, 11) is 0. The molecule has 0 radical (unpaired) electrons. The predicted molar refractivity (Wildman–Crippen MR) is 105 cm³/mol. The highest BCUT2D eigenvalue weighted by molar-refractivity contribution is 6.30. The number of carbonyl (C=O) groups excluding carboxylic acids is 3. The van der Waals surface area contributed by atoms with Gasteiger partial charge in [-0.15, -0.1) is 0 Å². The average molecular weight is 416 g/mol. The Hall–Kier alpha value is -2.93. The van der Waals surface area contributed by atoms with Crippen LogP contribution in [-0.2, 0) is 11.3 Å². The molecule has 2 aromatic rings. The van der Waals surface area contributed by atoms with Crippen molar-refractivity contribution in [3.63, 3.8) is 0 Å². The molecule has 8 heteroatoms. The Labute approximate surface area is 172 Å². The normalized spacial score (nSPS) is 21.6. The molecule has 0 aromatic heterocycles. The van der Waals surface area contributed by atoms with E-state index in [1.165, 1.54) is 23.1 Å². The minimum Gasteiger partial charge on any atom is -0.336 e. The molecule has 6 nitrogen and oxygen atoms in total. The summed E-state index contributed by atoms with van der Waals surface area (Å²) < 4.78 is 14.0. The fourth-order valence-corrected chi connectivity index (χ4v) is 4.03. The molecule has 2 aliphatic rings. The summed E-state index contributed by atoms with van der Waals surface area (Å²) in [4.78, 5) is 41.1. The first-order chi connectivity index (χ1) is 13.9. The van der Waals surface area contributed by atoms with E-state index in [9.17, 15) is 18.8 Å². The summed E-state index contributed by atoms with van der Waals surface area (Å²) >= 11 is 5.89. The van der Waals surface area contributed by atoms with Gasteiger partial charge in [-0.25, -0.2) is 9.18 Å². The van der Waals surface area contributed by atoms with Gasteiger partial charge in [-0.2, -0.15) is 0 Å². The van der Waals surface area contributed by atoms with Gasteiger partial charge in [-0.3, -0.25) is 14.5 Å². The number of hydrogen-bond acceptors (Lipinski definition) is 3. The summed E-state index contributed by atoms with van der Waals surface area (Å²) in [5.74, 6) is -1.47. The first-order valence-electron chi connectivity index (χ1n) is 9.32. The Balaban J connectivity index is 1.54. The van der Waals surface area contributed by atoms with Crippen LogP contribution in [0.4, 0.5) is 9.18 Å². The number of nitrogens with one attached hydrogen (secondary N) is 1. The van der Waals surface area contributed by atoms with Crippen molar-refractivity contribution in [1.82, 2.24) is 15.1 Å². The molecule has 0 saturated carbocycles. The summed E-state index contributed by atoms with van der Waals surface area (Å²) in [5.41, 5.74) is -0.452. The van der Waals surface area contributed by atoms with Crippen LogP contribution in [0.25, 0.3) is 0 Å². The Morgan fingerprint density at radius 1 is 1.14 bits per heavy atom.